The molecule has 0 aliphatic carbocycles. The highest BCUT2D eigenvalue weighted by Crippen LogP contribution is 2.46. The summed E-state index contributed by atoms with van der Waals surface area (Å²) in [6, 6.07) is 11.1. The van der Waals surface area contributed by atoms with Gasteiger partial charge in [-0.25, -0.2) is 4.79 Å². The Bertz CT molecular complexity index is 1260. The second-order valence-electron chi connectivity index (χ2n) is 10.6. The van der Waals surface area contributed by atoms with Crippen LogP contribution in [0, 0.1) is 0 Å². The van der Waals surface area contributed by atoms with Gasteiger partial charge in [0.05, 0.1) is 16.1 Å². The zero-order valence-corrected chi connectivity index (χ0v) is 23.8. The van der Waals surface area contributed by atoms with E-state index in [9.17, 15) is 14.4 Å². The number of carbonyl (C=O) groups excluding carboxylic acids is 3. The minimum Gasteiger partial charge on any atom is -0.427 e. The number of rotatable bonds is 7. The number of ether oxygens (including phenoxy) is 1. The van der Waals surface area contributed by atoms with Crippen molar-refractivity contribution < 1.29 is 19.1 Å². The van der Waals surface area contributed by atoms with Crippen LogP contribution in [0.1, 0.15) is 66.1 Å². The molecule has 2 atom stereocenters. The van der Waals surface area contributed by atoms with E-state index in [0.717, 1.165) is 69.5 Å². The number of nitrogens with one attached hydrogen (secondary N) is 1. The van der Waals surface area contributed by atoms with Crippen molar-refractivity contribution in [3.8, 4) is 5.75 Å². The first kappa shape index (κ1) is 27.7. The molecule has 0 saturated carbocycles. The average molecular weight is 574 g/mol. The molecule has 39 heavy (non-hydrogen) atoms. The fourth-order valence-electron chi connectivity index (χ4n) is 6.24. The third kappa shape index (κ3) is 5.88. The minimum absolute atomic E-state index is 0.0277. The van der Waals surface area contributed by atoms with Gasteiger partial charge in [-0.15, -0.1) is 0 Å². The second-order valence-corrected chi connectivity index (χ2v) is 11.4. The van der Waals surface area contributed by atoms with Crippen LogP contribution in [0.3, 0.4) is 0 Å². The molecule has 2 aromatic carbocycles. The number of likely N-dealkylation sites (N-methyl/N-ethyl adjacent to an activating group) is 1. The first-order valence-corrected chi connectivity index (χ1v) is 14.3. The standard InChI is InChI=1S/C29H34Cl2N4O4/c1-18(36)39-21-5-6-23-24(17-21)28(37)33(2)27(23)22(19-4-7-25(30)26(31)16-19)10-15-34-13-8-20(9-14-34)35-12-3-11-32-29(35)38/h4-7,16-17,20,22,27H,3,8-15H2,1-2H3,(H,32,38). The highest BCUT2D eigenvalue weighted by molar-refractivity contribution is 6.42. The number of benzene rings is 2. The van der Waals surface area contributed by atoms with Crippen LogP contribution >= 0.6 is 23.2 Å². The molecule has 208 valence electrons. The maximum absolute atomic E-state index is 13.3. The number of halogens is 2. The lowest BCUT2D eigenvalue weighted by molar-refractivity contribution is -0.131. The quantitative estimate of drug-likeness (QED) is 0.368. The van der Waals surface area contributed by atoms with E-state index in [1.54, 1.807) is 17.0 Å². The van der Waals surface area contributed by atoms with Gasteiger partial charge in [-0.05, 0) is 67.6 Å². The summed E-state index contributed by atoms with van der Waals surface area (Å²) in [5.74, 6) is -0.196. The normalized spacial score (nSPS) is 21.1. The lowest BCUT2D eigenvalue weighted by Gasteiger charge is -2.40. The summed E-state index contributed by atoms with van der Waals surface area (Å²) >= 11 is 12.7. The predicted octanol–water partition coefficient (Wildman–Crippen LogP) is 5.10. The fourth-order valence-corrected chi connectivity index (χ4v) is 6.55. The van der Waals surface area contributed by atoms with Gasteiger partial charge in [0.2, 0.25) is 0 Å². The maximum atomic E-state index is 13.3. The zero-order valence-electron chi connectivity index (χ0n) is 22.3. The van der Waals surface area contributed by atoms with Gasteiger partial charge in [0.15, 0.2) is 0 Å². The summed E-state index contributed by atoms with van der Waals surface area (Å²) in [5, 5.41) is 3.94. The number of urea groups is 1. The summed E-state index contributed by atoms with van der Waals surface area (Å²) in [7, 11) is 1.82. The van der Waals surface area contributed by atoms with E-state index >= 15 is 0 Å². The van der Waals surface area contributed by atoms with Crippen LogP contribution in [0.4, 0.5) is 4.79 Å². The third-order valence-corrected chi connectivity index (χ3v) is 8.93. The van der Waals surface area contributed by atoms with E-state index in [1.165, 1.54) is 6.92 Å². The smallest absolute Gasteiger partial charge is 0.317 e. The molecule has 2 fully saturated rings. The molecule has 2 unspecified atom stereocenters. The van der Waals surface area contributed by atoms with Crippen molar-refractivity contribution in [3.05, 3.63) is 63.1 Å². The number of esters is 1. The van der Waals surface area contributed by atoms with Crippen molar-refractivity contribution in [3.63, 3.8) is 0 Å². The van der Waals surface area contributed by atoms with Gasteiger partial charge in [-0.3, -0.25) is 9.59 Å². The number of carbonyl (C=O) groups is 3. The van der Waals surface area contributed by atoms with Crippen LogP contribution in [0.25, 0.3) is 0 Å². The zero-order chi connectivity index (χ0) is 27.7. The van der Waals surface area contributed by atoms with E-state index in [2.05, 4.69) is 10.2 Å². The molecule has 3 heterocycles. The van der Waals surface area contributed by atoms with Gasteiger partial charge in [-0.2, -0.15) is 0 Å². The molecule has 0 aromatic heterocycles. The summed E-state index contributed by atoms with van der Waals surface area (Å²) in [6.07, 6.45) is 3.71. The number of nitrogens with zero attached hydrogens (tertiary/aromatic N) is 3. The number of piperidine rings is 1. The van der Waals surface area contributed by atoms with E-state index < -0.39 is 5.97 Å². The Balaban J connectivity index is 1.35. The van der Waals surface area contributed by atoms with Gasteiger partial charge in [0.25, 0.3) is 5.91 Å². The lowest BCUT2D eigenvalue weighted by Crippen LogP contribution is -2.54. The summed E-state index contributed by atoms with van der Waals surface area (Å²) < 4.78 is 5.24. The van der Waals surface area contributed by atoms with Crippen molar-refractivity contribution in [1.82, 2.24) is 20.0 Å². The van der Waals surface area contributed by atoms with Gasteiger partial charge >= 0.3 is 12.0 Å². The second kappa shape index (κ2) is 11.7. The van der Waals surface area contributed by atoms with Crippen LogP contribution < -0.4 is 10.1 Å². The number of amides is 3. The Hall–Kier alpha value is -2.81. The Labute approximate surface area is 239 Å². The summed E-state index contributed by atoms with van der Waals surface area (Å²) in [4.78, 5) is 43.3. The van der Waals surface area contributed by atoms with Gasteiger partial charge in [-0.1, -0.05) is 35.3 Å². The maximum Gasteiger partial charge on any atom is 0.317 e. The highest BCUT2D eigenvalue weighted by atomic mass is 35.5. The van der Waals surface area contributed by atoms with Crippen LogP contribution in [0.5, 0.6) is 5.75 Å². The van der Waals surface area contributed by atoms with Gasteiger partial charge in [0.1, 0.15) is 5.75 Å². The van der Waals surface area contributed by atoms with E-state index in [4.69, 9.17) is 27.9 Å². The molecule has 2 saturated heterocycles. The van der Waals surface area contributed by atoms with Crippen molar-refractivity contribution in [2.45, 2.75) is 50.6 Å². The molecule has 5 rings (SSSR count). The Morgan fingerprint density at radius 3 is 2.54 bits per heavy atom. The molecule has 0 radical (unpaired) electrons. The number of fused-ring (bicyclic) bond motifs is 1. The molecule has 10 heteroatoms. The van der Waals surface area contributed by atoms with Crippen LogP contribution in [0.2, 0.25) is 10.0 Å². The van der Waals surface area contributed by atoms with Gasteiger partial charge < -0.3 is 24.8 Å². The average Bonchev–Trinajstić information content (AvgIpc) is 3.16. The first-order valence-electron chi connectivity index (χ1n) is 13.5. The van der Waals surface area contributed by atoms with Crippen molar-refractivity contribution >= 4 is 41.1 Å². The first-order chi connectivity index (χ1) is 18.7. The number of likely N-dealkylation sites (tertiary alicyclic amines) is 1. The van der Waals surface area contributed by atoms with Gasteiger partial charge in [0, 0.05) is 57.7 Å². The molecule has 3 aliphatic rings. The molecule has 3 amide bonds. The molecule has 2 aromatic rings. The predicted molar refractivity (Wildman–Crippen MR) is 151 cm³/mol. The highest BCUT2D eigenvalue weighted by Gasteiger charge is 2.40. The Morgan fingerprint density at radius 1 is 1.08 bits per heavy atom. The van der Waals surface area contributed by atoms with Crippen LogP contribution in [-0.4, -0.2) is 78.4 Å². The molecular weight excluding hydrogens is 539 g/mol. The summed E-state index contributed by atoms with van der Waals surface area (Å²) in [6.45, 7) is 5.62. The SMILES string of the molecule is CC(=O)Oc1ccc2c(c1)C(=O)N(C)C2C(CCN1CCC(N2CCCNC2=O)CC1)c1ccc(Cl)c(Cl)c1. The van der Waals surface area contributed by atoms with E-state index in [0.29, 0.717) is 21.4 Å². The lowest BCUT2D eigenvalue weighted by atomic mass is 9.84. The Kier molecular flexibility index (Phi) is 8.35. The van der Waals surface area contributed by atoms with Crippen LogP contribution in [0.15, 0.2) is 36.4 Å². The monoisotopic (exact) mass is 572 g/mol. The Morgan fingerprint density at radius 2 is 1.85 bits per heavy atom. The molecule has 0 bridgehead atoms. The molecule has 1 N–H and O–H groups in total. The van der Waals surface area contributed by atoms with E-state index in [1.807, 2.05) is 36.2 Å². The summed E-state index contributed by atoms with van der Waals surface area (Å²) in [5.41, 5.74) is 2.47. The topological polar surface area (TPSA) is 82.2 Å². The molecule has 8 nitrogen and oxygen atoms in total. The van der Waals surface area contributed by atoms with E-state index in [-0.39, 0.29) is 29.9 Å². The fraction of sp³-hybridized carbons (Fsp3) is 0.483. The molecular formula is C29H34Cl2N4O4. The van der Waals surface area contributed by atoms with Crippen molar-refractivity contribution in [2.75, 3.05) is 39.8 Å². The molecule has 0 spiro atoms. The number of hydrogen-bond acceptors (Lipinski definition) is 5. The third-order valence-electron chi connectivity index (χ3n) is 8.19. The minimum atomic E-state index is -0.427. The largest absolute Gasteiger partial charge is 0.427 e. The van der Waals surface area contributed by atoms with Crippen molar-refractivity contribution in [1.29, 1.82) is 0 Å². The van der Waals surface area contributed by atoms with Crippen LogP contribution in [-0.2, 0) is 4.79 Å². The molecule has 3 aliphatic heterocycles. The number of hydrogen-bond donors (Lipinski definition) is 1. The van der Waals surface area contributed by atoms with Crippen molar-refractivity contribution in [2.24, 2.45) is 0 Å².